The Morgan fingerprint density at radius 2 is 1.87 bits per heavy atom. The van der Waals surface area contributed by atoms with Gasteiger partial charge in [0.1, 0.15) is 27.4 Å². The second-order valence-electron chi connectivity index (χ2n) is 7.09. The van der Waals surface area contributed by atoms with Crippen LogP contribution in [0.1, 0.15) is 29.8 Å². The van der Waals surface area contributed by atoms with Crippen molar-refractivity contribution in [1.29, 1.82) is 0 Å². The number of hydrogen-bond donors (Lipinski definition) is 1. The molecule has 156 valence electrons. The van der Waals surface area contributed by atoms with E-state index in [-0.39, 0.29) is 5.56 Å². The van der Waals surface area contributed by atoms with E-state index in [2.05, 4.69) is 10.2 Å². The van der Waals surface area contributed by atoms with E-state index in [1.54, 1.807) is 5.01 Å². The maximum Gasteiger partial charge on any atom is 0.249 e. The Bertz CT molecular complexity index is 1080. The Kier molecular flexibility index (Phi) is 5.57. The number of hydrogen-bond acceptors (Lipinski definition) is 6. The molecule has 0 amide bonds. The number of nitrogens with zero attached hydrogens (tertiary/aromatic N) is 5. The maximum atomic E-state index is 14.6. The molecule has 30 heavy (non-hydrogen) atoms. The molecule has 1 aromatic heterocycles. The molecule has 1 atom stereocenters. The topological polar surface area (TPSA) is 72.3 Å². The van der Waals surface area contributed by atoms with Crippen LogP contribution in [0.2, 0.25) is 0 Å². The highest BCUT2D eigenvalue weighted by Crippen LogP contribution is 2.51. The fraction of sp³-hybridized carbons (Fsp3) is 0.286. The Hall–Kier alpha value is -2.78. The summed E-state index contributed by atoms with van der Waals surface area (Å²) in [6, 6.07) is 13.2. The van der Waals surface area contributed by atoms with Crippen LogP contribution in [-0.4, -0.2) is 26.4 Å². The van der Waals surface area contributed by atoms with E-state index in [0.29, 0.717) is 30.4 Å². The van der Waals surface area contributed by atoms with Crippen molar-refractivity contribution in [1.82, 2.24) is 14.8 Å². The molecule has 0 aliphatic carbocycles. The van der Waals surface area contributed by atoms with Gasteiger partial charge in [0.05, 0.1) is 0 Å². The lowest BCUT2D eigenvalue weighted by molar-refractivity contribution is 0.512. The molecule has 0 bridgehead atoms. The van der Waals surface area contributed by atoms with Crippen LogP contribution in [0.4, 0.5) is 14.7 Å². The second kappa shape index (κ2) is 8.16. The third-order valence-corrected chi connectivity index (χ3v) is 6.61. The van der Waals surface area contributed by atoms with Crippen LogP contribution >= 0.6 is 11.8 Å². The molecule has 2 N–H and O–H groups in total. The van der Waals surface area contributed by atoms with Crippen molar-refractivity contribution in [2.45, 2.75) is 24.6 Å². The van der Waals surface area contributed by atoms with Gasteiger partial charge in [-0.2, -0.15) is 5.10 Å². The number of rotatable bonds is 6. The van der Waals surface area contributed by atoms with Crippen molar-refractivity contribution in [3.05, 3.63) is 77.1 Å². The average molecular weight is 429 g/mol. The smallest absolute Gasteiger partial charge is 0.249 e. The summed E-state index contributed by atoms with van der Waals surface area (Å²) in [5, 5.41) is 15.4. The summed E-state index contributed by atoms with van der Waals surface area (Å²) in [7, 11) is 1.85. The van der Waals surface area contributed by atoms with Crippen molar-refractivity contribution in [3.63, 3.8) is 0 Å². The number of hydrazone groups is 1. The Balaban J connectivity index is 1.91. The first-order chi connectivity index (χ1) is 14.5. The largest absolute Gasteiger partial charge is 0.330 e. The first kappa shape index (κ1) is 20.5. The molecule has 0 saturated carbocycles. The highest BCUT2D eigenvalue weighted by atomic mass is 32.2. The van der Waals surface area contributed by atoms with Crippen molar-refractivity contribution >= 4 is 22.8 Å². The third kappa shape index (κ3) is 3.48. The summed E-state index contributed by atoms with van der Waals surface area (Å²) in [5.41, 5.74) is 6.94. The van der Waals surface area contributed by atoms with Crippen LogP contribution in [0, 0.1) is 18.6 Å². The molecule has 4 rings (SSSR count). The standard InChI is InChI=1S/C21H22F2N6S/c1-14-25-26-20(28(14)2)29-21(11-6-12-24,15-7-4-3-5-8-15)30-19(27-29)17-13-16(22)9-10-18(17)23/h3-5,7-10,13H,6,11-12,24H2,1-2H3. The number of halogens is 2. The van der Waals surface area contributed by atoms with E-state index in [1.165, 1.54) is 17.8 Å². The average Bonchev–Trinajstić information content (AvgIpc) is 3.30. The molecule has 0 fully saturated rings. The van der Waals surface area contributed by atoms with E-state index in [1.807, 2.05) is 48.9 Å². The quantitative estimate of drug-likeness (QED) is 0.645. The minimum atomic E-state index is -0.720. The molecule has 0 saturated heterocycles. The summed E-state index contributed by atoms with van der Waals surface area (Å²) in [4.78, 5) is -0.720. The Labute approximate surface area is 177 Å². The van der Waals surface area contributed by atoms with Crippen LogP contribution in [-0.2, 0) is 11.9 Å². The molecule has 0 spiro atoms. The van der Waals surface area contributed by atoms with Gasteiger partial charge in [-0.3, -0.25) is 4.57 Å². The molecule has 1 aliphatic heterocycles. The summed E-state index contributed by atoms with van der Waals surface area (Å²) in [6.45, 7) is 2.34. The van der Waals surface area contributed by atoms with Crippen LogP contribution in [0.5, 0.6) is 0 Å². The highest BCUT2D eigenvalue weighted by molar-refractivity contribution is 8.15. The van der Waals surface area contributed by atoms with Crippen molar-refractivity contribution < 1.29 is 8.78 Å². The van der Waals surface area contributed by atoms with Gasteiger partial charge < -0.3 is 5.73 Å². The lowest BCUT2D eigenvalue weighted by atomic mass is 10.0. The monoisotopic (exact) mass is 428 g/mol. The van der Waals surface area contributed by atoms with Gasteiger partial charge in [-0.25, -0.2) is 13.8 Å². The lowest BCUT2D eigenvalue weighted by Crippen LogP contribution is -2.39. The molecule has 1 unspecified atom stereocenters. The molecule has 1 aliphatic rings. The van der Waals surface area contributed by atoms with E-state index in [0.717, 1.165) is 23.5 Å². The molecule has 3 aromatic rings. The van der Waals surface area contributed by atoms with Gasteiger partial charge >= 0.3 is 0 Å². The fourth-order valence-corrected chi connectivity index (χ4v) is 4.89. The van der Waals surface area contributed by atoms with Crippen LogP contribution in [0.3, 0.4) is 0 Å². The van der Waals surface area contributed by atoms with Crippen molar-refractivity contribution in [3.8, 4) is 0 Å². The zero-order valence-electron chi connectivity index (χ0n) is 16.7. The zero-order chi connectivity index (χ0) is 21.3. The molecular weight excluding hydrogens is 406 g/mol. The highest BCUT2D eigenvalue weighted by Gasteiger charge is 2.48. The van der Waals surface area contributed by atoms with Crippen molar-refractivity contribution in [2.24, 2.45) is 17.9 Å². The van der Waals surface area contributed by atoms with Crippen LogP contribution < -0.4 is 10.7 Å². The Morgan fingerprint density at radius 3 is 2.53 bits per heavy atom. The molecule has 2 aromatic carbocycles. The van der Waals surface area contributed by atoms with E-state index in [4.69, 9.17) is 10.8 Å². The molecule has 6 nitrogen and oxygen atoms in total. The van der Waals surface area contributed by atoms with Crippen molar-refractivity contribution in [2.75, 3.05) is 11.6 Å². The fourth-order valence-electron chi connectivity index (χ4n) is 3.47. The molecule has 0 radical (unpaired) electrons. The Morgan fingerprint density at radius 1 is 1.10 bits per heavy atom. The third-order valence-electron chi connectivity index (χ3n) is 5.16. The van der Waals surface area contributed by atoms with Gasteiger partial charge in [0.25, 0.3) is 0 Å². The lowest BCUT2D eigenvalue weighted by Gasteiger charge is -2.36. The molecular formula is C21H22F2N6S. The number of nitrogens with two attached hydrogens (primary N) is 1. The summed E-state index contributed by atoms with van der Waals surface area (Å²) in [5.74, 6) is 0.193. The predicted molar refractivity (Wildman–Crippen MR) is 115 cm³/mol. The SMILES string of the molecule is Cc1nnc(N2N=C(c3cc(F)ccc3F)SC2(CCCN)c2ccccc2)n1C. The number of aromatic nitrogens is 3. The van der Waals surface area contributed by atoms with Gasteiger partial charge in [0.15, 0.2) is 0 Å². The number of anilines is 1. The van der Waals surface area contributed by atoms with Gasteiger partial charge in [-0.1, -0.05) is 42.1 Å². The van der Waals surface area contributed by atoms with Crippen LogP contribution in [0.15, 0.2) is 53.6 Å². The molecule has 2 heterocycles. The zero-order valence-corrected chi connectivity index (χ0v) is 17.5. The summed E-state index contributed by atoms with van der Waals surface area (Å²) >= 11 is 1.38. The van der Waals surface area contributed by atoms with E-state index in [9.17, 15) is 8.78 Å². The number of aryl methyl sites for hydroxylation is 1. The summed E-state index contributed by atoms with van der Waals surface area (Å²) < 4.78 is 30.4. The first-order valence-corrected chi connectivity index (χ1v) is 10.4. The van der Waals surface area contributed by atoms with Crippen LogP contribution in [0.25, 0.3) is 0 Å². The van der Waals surface area contributed by atoms with E-state index < -0.39 is 16.5 Å². The number of benzene rings is 2. The summed E-state index contributed by atoms with van der Waals surface area (Å²) in [6.07, 6.45) is 1.34. The van der Waals surface area contributed by atoms with E-state index >= 15 is 0 Å². The van der Waals surface area contributed by atoms with Gasteiger partial charge in [-0.15, -0.1) is 10.2 Å². The normalized spacial score (nSPS) is 18.7. The van der Waals surface area contributed by atoms with Gasteiger partial charge in [0.2, 0.25) is 5.95 Å². The minimum absolute atomic E-state index is 0.120. The minimum Gasteiger partial charge on any atom is -0.330 e. The van der Waals surface area contributed by atoms with Gasteiger partial charge in [-0.05, 0) is 50.1 Å². The first-order valence-electron chi connectivity index (χ1n) is 9.61. The second-order valence-corrected chi connectivity index (χ2v) is 8.36. The van der Waals surface area contributed by atoms with Gasteiger partial charge in [0, 0.05) is 12.6 Å². The molecule has 9 heteroatoms. The maximum absolute atomic E-state index is 14.6. The number of thioether (sulfide) groups is 1. The predicted octanol–water partition coefficient (Wildman–Crippen LogP) is 3.91.